The van der Waals surface area contributed by atoms with Gasteiger partial charge < -0.3 is 23.6 Å². The van der Waals surface area contributed by atoms with Crippen LogP contribution in [0.15, 0.2) is 34.2 Å². The summed E-state index contributed by atoms with van der Waals surface area (Å²) in [6, 6.07) is 5.07. The molecule has 36 heavy (non-hydrogen) atoms. The molecule has 0 spiro atoms. The van der Waals surface area contributed by atoms with Crippen molar-refractivity contribution < 1.29 is 28.3 Å². The lowest BCUT2D eigenvalue weighted by Crippen LogP contribution is -2.36. The van der Waals surface area contributed by atoms with Crippen LogP contribution in [0.2, 0.25) is 5.02 Å². The first-order valence-electron chi connectivity index (χ1n) is 11.4. The first-order chi connectivity index (χ1) is 17.4. The quantitative estimate of drug-likeness (QED) is 0.293. The van der Waals surface area contributed by atoms with E-state index in [0.29, 0.717) is 46.6 Å². The molecule has 1 aliphatic heterocycles. The molecule has 1 saturated heterocycles. The van der Waals surface area contributed by atoms with Gasteiger partial charge in [-0.2, -0.15) is 0 Å². The number of amides is 1. The molecule has 0 radical (unpaired) electrons. The number of aromatic nitrogens is 2. The predicted molar refractivity (Wildman–Crippen MR) is 136 cm³/mol. The van der Waals surface area contributed by atoms with Crippen LogP contribution in [0.25, 0.3) is 17.5 Å². The Balaban J connectivity index is 1.35. The van der Waals surface area contributed by atoms with Gasteiger partial charge in [-0.25, -0.2) is 9.78 Å². The number of ether oxygens (including phenoxy) is 3. The largest absolute Gasteiger partial charge is 0.493 e. The van der Waals surface area contributed by atoms with Crippen LogP contribution in [0.5, 0.6) is 11.5 Å². The van der Waals surface area contributed by atoms with Gasteiger partial charge >= 0.3 is 5.97 Å². The van der Waals surface area contributed by atoms with Gasteiger partial charge in [-0.3, -0.25) is 4.79 Å². The number of carbonyl (C=O) groups excluding carboxylic acids is 2. The molecule has 1 fully saturated rings. The number of likely N-dealkylation sites (tertiary alicyclic amines) is 1. The number of halogens is 1. The van der Waals surface area contributed by atoms with Crippen LogP contribution in [0.3, 0.4) is 0 Å². The van der Waals surface area contributed by atoms with Crippen molar-refractivity contribution in [3.8, 4) is 23.0 Å². The fourth-order valence-electron chi connectivity index (χ4n) is 3.93. The highest BCUT2D eigenvalue weighted by atomic mass is 35.5. The lowest BCUT2D eigenvalue weighted by atomic mass is 9.97. The molecule has 0 unspecified atom stereocenters. The number of piperidine rings is 1. The average Bonchev–Trinajstić information content (AvgIpc) is 3.58. The number of carbonyl (C=O) groups is 2. The van der Waals surface area contributed by atoms with Gasteiger partial charge in [0.15, 0.2) is 23.0 Å². The summed E-state index contributed by atoms with van der Waals surface area (Å²) in [6.07, 6.45) is 4.82. The topological polar surface area (TPSA) is 104 Å². The van der Waals surface area contributed by atoms with Crippen molar-refractivity contribution in [2.75, 3.05) is 33.9 Å². The molecular weight excluding hydrogens is 506 g/mol. The Hall–Kier alpha value is -3.37. The van der Waals surface area contributed by atoms with Crippen molar-refractivity contribution in [2.45, 2.75) is 25.7 Å². The Morgan fingerprint density at radius 2 is 2.03 bits per heavy atom. The molecule has 4 rings (SSSR count). The van der Waals surface area contributed by atoms with E-state index in [-0.39, 0.29) is 24.1 Å². The van der Waals surface area contributed by atoms with Crippen LogP contribution in [0, 0.1) is 0 Å². The highest BCUT2D eigenvalue weighted by molar-refractivity contribution is 7.10. The number of rotatable bonds is 8. The maximum Gasteiger partial charge on any atom is 0.360 e. The number of hydrogen-bond donors (Lipinski definition) is 0. The van der Waals surface area contributed by atoms with E-state index in [1.807, 2.05) is 10.3 Å². The van der Waals surface area contributed by atoms with Crippen molar-refractivity contribution in [3.63, 3.8) is 0 Å². The zero-order chi connectivity index (χ0) is 25.7. The summed E-state index contributed by atoms with van der Waals surface area (Å²) in [5, 5.41) is 7.02. The van der Waals surface area contributed by atoms with Crippen LogP contribution in [0.4, 0.5) is 0 Å². The molecule has 11 heteroatoms. The van der Waals surface area contributed by atoms with Gasteiger partial charge in [0, 0.05) is 36.5 Å². The molecule has 2 aromatic heterocycles. The summed E-state index contributed by atoms with van der Waals surface area (Å²) in [5.41, 5.74) is 1.42. The predicted octanol–water partition coefficient (Wildman–Crippen LogP) is 5.06. The van der Waals surface area contributed by atoms with Crippen molar-refractivity contribution >= 4 is 40.9 Å². The number of nitrogens with zero attached hydrogens (tertiary/aromatic N) is 3. The van der Waals surface area contributed by atoms with E-state index in [9.17, 15) is 9.59 Å². The van der Waals surface area contributed by atoms with E-state index >= 15 is 0 Å². The second-order valence-electron chi connectivity index (χ2n) is 8.01. The fourth-order valence-corrected chi connectivity index (χ4v) is 5.21. The molecule has 9 nitrogen and oxygen atoms in total. The van der Waals surface area contributed by atoms with Crippen molar-refractivity contribution in [1.29, 1.82) is 0 Å². The number of thiazole rings is 1. The van der Waals surface area contributed by atoms with Gasteiger partial charge in [-0.15, -0.1) is 11.3 Å². The Kier molecular flexibility index (Phi) is 8.27. The molecule has 1 aromatic carbocycles. The Bertz CT molecular complexity index is 1260. The number of methoxy groups -OCH3 is 2. The second-order valence-corrected chi connectivity index (χ2v) is 9.27. The smallest absolute Gasteiger partial charge is 0.360 e. The maximum atomic E-state index is 12.8. The Morgan fingerprint density at radius 3 is 2.72 bits per heavy atom. The summed E-state index contributed by atoms with van der Waals surface area (Å²) in [7, 11) is 3.06. The summed E-state index contributed by atoms with van der Waals surface area (Å²) in [4.78, 5) is 31.1. The summed E-state index contributed by atoms with van der Waals surface area (Å²) in [6.45, 7) is 3.24. The van der Waals surface area contributed by atoms with Gasteiger partial charge in [-0.1, -0.05) is 16.8 Å². The third-order valence-corrected chi connectivity index (χ3v) is 7.24. The van der Waals surface area contributed by atoms with E-state index in [0.717, 1.165) is 17.8 Å². The number of benzene rings is 1. The van der Waals surface area contributed by atoms with Crippen LogP contribution in [0.1, 0.15) is 46.7 Å². The summed E-state index contributed by atoms with van der Waals surface area (Å²) in [5.74, 6) is 1.02. The summed E-state index contributed by atoms with van der Waals surface area (Å²) < 4.78 is 20.8. The normalized spacial score (nSPS) is 14.3. The third-order valence-electron chi connectivity index (χ3n) is 5.85. The number of esters is 1. The van der Waals surface area contributed by atoms with E-state index < -0.39 is 5.97 Å². The molecule has 1 amide bonds. The van der Waals surface area contributed by atoms with Gasteiger partial charge in [-0.05, 0) is 43.5 Å². The van der Waals surface area contributed by atoms with E-state index in [1.54, 1.807) is 32.2 Å². The van der Waals surface area contributed by atoms with Crippen LogP contribution in [-0.4, -0.2) is 60.8 Å². The first kappa shape index (κ1) is 25.7. The monoisotopic (exact) mass is 531 g/mol. The summed E-state index contributed by atoms with van der Waals surface area (Å²) >= 11 is 7.94. The fraction of sp³-hybridized carbons (Fsp3) is 0.360. The minimum Gasteiger partial charge on any atom is -0.493 e. The highest BCUT2D eigenvalue weighted by Crippen LogP contribution is 2.38. The van der Waals surface area contributed by atoms with Gasteiger partial charge in [0.05, 0.1) is 30.9 Å². The lowest BCUT2D eigenvalue weighted by Gasteiger charge is -2.30. The minimum atomic E-state index is -0.526. The van der Waals surface area contributed by atoms with Crippen molar-refractivity contribution in [2.24, 2.45) is 0 Å². The highest BCUT2D eigenvalue weighted by Gasteiger charge is 2.26. The lowest BCUT2D eigenvalue weighted by molar-refractivity contribution is -0.126. The van der Waals surface area contributed by atoms with Crippen molar-refractivity contribution in [3.05, 3.63) is 50.9 Å². The van der Waals surface area contributed by atoms with E-state index in [2.05, 4.69) is 10.1 Å². The van der Waals surface area contributed by atoms with E-state index in [4.69, 9.17) is 30.3 Å². The molecule has 3 heterocycles. The average molecular weight is 532 g/mol. The zero-order valence-electron chi connectivity index (χ0n) is 20.2. The molecular formula is C25H26ClN3O6S. The van der Waals surface area contributed by atoms with Crippen molar-refractivity contribution in [1.82, 2.24) is 15.0 Å². The number of hydrogen-bond acceptors (Lipinski definition) is 9. The van der Waals surface area contributed by atoms with Gasteiger partial charge in [0.2, 0.25) is 5.91 Å². The van der Waals surface area contributed by atoms with Crippen LogP contribution < -0.4 is 9.47 Å². The molecule has 0 bridgehead atoms. The first-order valence-corrected chi connectivity index (χ1v) is 12.7. The Morgan fingerprint density at radius 1 is 1.25 bits per heavy atom. The third kappa shape index (κ3) is 5.55. The minimum absolute atomic E-state index is 0.0766. The zero-order valence-corrected chi connectivity index (χ0v) is 21.7. The molecule has 3 aromatic rings. The Labute approximate surface area is 217 Å². The molecule has 0 N–H and O–H groups in total. The molecule has 1 aliphatic rings. The maximum absolute atomic E-state index is 12.8. The van der Waals surface area contributed by atoms with Gasteiger partial charge in [0.25, 0.3) is 0 Å². The van der Waals surface area contributed by atoms with Gasteiger partial charge in [0.1, 0.15) is 5.69 Å². The molecule has 0 atom stereocenters. The molecule has 0 aliphatic carbocycles. The SMILES string of the molecule is CCOC(=O)c1cc(-c2csc(C3CCN(C(=O)/C=C/c4ccc(OC)c(OC)c4Cl)CC3)n2)on1. The standard InChI is InChI=1S/C25H26ClN3O6S/c1-4-34-25(31)17-13-20(35-28-17)18-14-36-24(27-18)16-9-11-29(12-10-16)21(30)8-6-15-5-7-19(32-2)23(33-3)22(15)26/h5-8,13-14,16H,4,9-12H2,1-3H3/b8-6+. The van der Waals surface area contributed by atoms with Crippen LogP contribution >= 0.6 is 22.9 Å². The molecule has 0 saturated carbocycles. The van der Waals surface area contributed by atoms with E-state index in [1.165, 1.54) is 30.6 Å². The van der Waals surface area contributed by atoms with Crippen LogP contribution in [-0.2, 0) is 9.53 Å². The molecule has 190 valence electrons. The second kappa shape index (κ2) is 11.6.